The van der Waals surface area contributed by atoms with Gasteiger partial charge in [0.1, 0.15) is 0 Å². The summed E-state index contributed by atoms with van der Waals surface area (Å²) in [5.41, 5.74) is 0. The van der Waals surface area contributed by atoms with Crippen molar-refractivity contribution in [3.63, 3.8) is 0 Å². The highest BCUT2D eigenvalue weighted by molar-refractivity contribution is 6.17. The first kappa shape index (κ1) is 12.3. The van der Waals surface area contributed by atoms with Gasteiger partial charge in [0.05, 0.1) is 0 Å². The van der Waals surface area contributed by atoms with E-state index in [1.54, 1.807) is 0 Å². The molecule has 0 saturated heterocycles. The minimum Gasteiger partial charge on any atom is -0.303 e. The van der Waals surface area contributed by atoms with E-state index in [0.717, 1.165) is 30.2 Å². The second kappa shape index (κ2) is 5.97. The van der Waals surface area contributed by atoms with Gasteiger partial charge in [-0.25, -0.2) is 0 Å². The Morgan fingerprint density at radius 2 is 1.93 bits per heavy atom. The van der Waals surface area contributed by atoms with Gasteiger partial charge in [-0.05, 0) is 58.0 Å². The van der Waals surface area contributed by atoms with E-state index in [1.165, 1.54) is 25.8 Å². The summed E-state index contributed by atoms with van der Waals surface area (Å²) in [5, 5.41) is 0. The molecule has 0 N–H and O–H groups in total. The molecule has 0 bridgehead atoms. The molecule has 1 aliphatic rings. The monoisotopic (exact) mass is 217 g/mol. The molecule has 1 nitrogen and oxygen atoms in total. The lowest BCUT2D eigenvalue weighted by Crippen LogP contribution is -2.32. The molecule has 0 aromatic rings. The van der Waals surface area contributed by atoms with Crippen LogP contribution in [-0.4, -0.2) is 30.4 Å². The zero-order valence-corrected chi connectivity index (χ0v) is 10.6. The van der Waals surface area contributed by atoms with Crippen LogP contribution in [0.5, 0.6) is 0 Å². The first-order chi connectivity index (χ1) is 6.65. The topological polar surface area (TPSA) is 3.24 Å². The summed E-state index contributed by atoms with van der Waals surface area (Å²) in [7, 11) is 2.26. The van der Waals surface area contributed by atoms with Crippen LogP contribution in [-0.2, 0) is 0 Å². The highest BCUT2D eigenvalue weighted by atomic mass is 35.5. The van der Waals surface area contributed by atoms with E-state index in [9.17, 15) is 0 Å². The summed E-state index contributed by atoms with van der Waals surface area (Å²) in [6, 6.07) is 0.790. The van der Waals surface area contributed by atoms with Gasteiger partial charge in [0, 0.05) is 11.9 Å². The molecule has 0 aliphatic heterocycles. The predicted octanol–water partition coefficient (Wildman–Crippen LogP) is 3.37. The maximum atomic E-state index is 5.72. The second-order valence-electron chi connectivity index (χ2n) is 4.93. The van der Waals surface area contributed by atoms with Gasteiger partial charge in [-0.3, -0.25) is 0 Å². The van der Waals surface area contributed by atoms with E-state index >= 15 is 0 Å². The summed E-state index contributed by atoms with van der Waals surface area (Å²) >= 11 is 5.72. The molecule has 0 aromatic heterocycles. The Balaban J connectivity index is 2.09. The van der Waals surface area contributed by atoms with Gasteiger partial charge in [0.2, 0.25) is 0 Å². The predicted molar refractivity (Wildman–Crippen MR) is 63.9 cm³/mol. The van der Waals surface area contributed by atoms with E-state index in [2.05, 4.69) is 25.8 Å². The standard InChI is InChI=1S/C12H24ClN/c1-10(6-8-13)7-9-14(3)11(2)12-4-5-12/h10-12H,4-9H2,1-3H3. The number of hydrogen-bond acceptors (Lipinski definition) is 1. The molecule has 2 heteroatoms. The first-order valence-electron chi connectivity index (χ1n) is 5.91. The van der Waals surface area contributed by atoms with Crippen molar-refractivity contribution in [3.8, 4) is 0 Å². The third-order valence-corrected chi connectivity index (χ3v) is 3.79. The van der Waals surface area contributed by atoms with E-state index in [0.29, 0.717) is 0 Å². The van der Waals surface area contributed by atoms with Crippen molar-refractivity contribution in [2.45, 2.75) is 45.6 Å². The van der Waals surface area contributed by atoms with Crippen LogP contribution in [0.15, 0.2) is 0 Å². The summed E-state index contributed by atoms with van der Waals surface area (Å²) in [6.07, 6.45) is 5.35. The Labute approximate surface area is 93.8 Å². The third-order valence-electron chi connectivity index (χ3n) is 3.58. The minimum absolute atomic E-state index is 0.779. The average molecular weight is 218 g/mol. The summed E-state index contributed by atoms with van der Waals surface area (Å²) < 4.78 is 0. The maximum Gasteiger partial charge on any atom is 0.0225 e. The number of rotatable bonds is 7. The molecule has 0 spiro atoms. The zero-order chi connectivity index (χ0) is 10.6. The van der Waals surface area contributed by atoms with Crippen molar-refractivity contribution in [2.24, 2.45) is 11.8 Å². The largest absolute Gasteiger partial charge is 0.303 e. The maximum absolute atomic E-state index is 5.72. The minimum atomic E-state index is 0.779. The fourth-order valence-corrected chi connectivity index (χ4v) is 2.27. The van der Waals surface area contributed by atoms with E-state index in [-0.39, 0.29) is 0 Å². The van der Waals surface area contributed by atoms with Gasteiger partial charge < -0.3 is 4.90 Å². The zero-order valence-electron chi connectivity index (χ0n) is 9.80. The molecule has 1 rings (SSSR count). The fourth-order valence-electron chi connectivity index (χ4n) is 1.90. The molecule has 0 radical (unpaired) electrons. The van der Waals surface area contributed by atoms with Crippen molar-refractivity contribution in [1.29, 1.82) is 0 Å². The number of halogens is 1. The van der Waals surface area contributed by atoms with Gasteiger partial charge >= 0.3 is 0 Å². The normalized spacial score (nSPS) is 21.2. The molecular formula is C12H24ClN. The quantitative estimate of drug-likeness (QED) is 0.591. The lowest BCUT2D eigenvalue weighted by Gasteiger charge is -2.25. The Morgan fingerprint density at radius 3 is 2.43 bits per heavy atom. The van der Waals surface area contributed by atoms with Gasteiger partial charge in [0.15, 0.2) is 0 Å². The summed E-state index contributed by atoms with van der Waals surface area (Å²) in [4.78, 5) is 2.52. The van der Waals surface area contributed by atoms with Crippen LogP contribution in [0.1, 0.15) is 39.5 Å². The summed E-state index contributed by atoms with van der Waals surface area (Å²) in [5.74, 6) is 2.58. The molecule has 1 saturated carbocycles. The van der Waals surface area contributed by atoms with Gasteiger partial charge in [-0.15, -0.1) is 11.6 Å². The molecule has 0 aromatic carbocycles. The van der Waals surface area contributed by atoms with Crippen LogP contribution in [0.2, 0.25) is 0 Å². The van der Waals surface area contributed by atoms with E-state index in [1.807, 2.05) is 0 Å². The highest BCUT2D eigenvalue weighted by Gasteiger charge is 2.30. The van der Waals surface area contributed by atoms with Crippen LogP contribution in [0, 0.1) is 11.8 Å². The molecular weight excluding hydrogens is 194 g/mol. The smallest absolute Gasteiger partial charge is 0.0225 e. The molecule has 1 fully saturated rings. The number of alkyl halides is 1. The Hall–Kier alpha value is 0.250. The van der Waals surface area contributed by atoms with E-state index < -0.39 is 0 Å². The average Bonchev–Trinajstić information content (AvgIpc) is 2.96. The molecule has 14 heavy (non-hydrogen) atoms. The van der Waals surface area contributed by atoms with Crippen LogP contribution in [0.3, 0.4) is 0 Å². The molecule has 1 aliphatic carbocycles. The van der Waals surface area contributed by atoms with Crippen molar-refractivity contribution in [3.05, 3.63) is 0 Å². The Morgan fingerprint density at radius 1 is 1.29 bits per heavy atom. The lowest BCUT2D eigenvalue weighted by atomic mass is 10.0. The van der Waals surface area contributed by atoms with Crippen molar-refractivity contribution in [1.82, 2.24) is 4.90 Å². The van der Waals surface area contributed by atoms with Crippen LogP contribution in [0.4, 0.5) is 0 Å². The van der Waals surface area contributed by atoms with Crippen molar-refractivity contribution < 1.29 is 0 Å². The van der Waals surface area contributed by atoms with Crippen LogP contribution >= 0.6 is 11.6 Å². The van der Waals surface area contributed by atoms with Gasteiger partial charge in [-0.2, -0.15) is 0 Å². The highest BCUT2D eigenvalue weighted by Crippen LogP contribution is 2.34. The summed E-state index contributed by atoms with van der Waals surface area (Å²) in [6.45, 7) is 5.90. The molecule has 2 atom stereocenters. The third kappa shape index (κ3) is 4.18. The fraction of sp³-hybridized carbons (Fsp3) is 1.00. The second-order valence-corrected chi connectivity index (χ2v) is 5.31. The van der Waals surface area contributed by atoms with Crippen LogP contribution < -0.4 is 0 Å². The van der Waals surface area contributed by atoms with Crippen molar-refractivity contribution in [2.75, 3.05) is 19.5 Å². The van der Waals surface area contributed by atoms with Crippen molar-refractivity contribution >= 4 is 11.6 Å². The molecule has 0 heterocycles. The lowest BCUT2D eigenvalue weighted by molar-refractivity contribution is 0.219. The number of hydrogen-bond donors (Lipinski definition) is 0. The first-order valence-corrected chi connectivity index (χ1v) is 6.44. The molecule has 0 amide bonds. The van der Waals surface area contributed by atoms with E-state index in [4.69, 9.17) is 11.6 Å². The van der Waals surface area contributed by atoms with Crippen LogP contribution in [0.25, 0.3) is 0 Å². The molecule has 2 unspecified atom stereocenters. The van der Waals surface area contributed by atoms with Gasteiger partial charge in [0.25, 0.3) is 0 Å². The number of nitrogens with zero attached hydrogens (tertiary/aromatic N) is 1. The van der Waals surface area contributed by atoms with Gasteiger partial charge in [-0.1, -0.05) is 6.92 Å². The molecule has 84 valence electrons. The SMILES string of the molecule is CC(CCCl)CCN(C)C(C)C1CC1. The Bertz CT molecular complexity index is 156. The Kier molecular flexibility index (Phi) is 5.25.